The van der Waals surface area contributed by atoms with Crippen LogP contribution in [0.25, 0.3) is 0 Å². The van der Waals surface area contributed by atoms with E-state index in [1.165, 1.54) is 6.08 Å². The topological polar surface area (TPSA) is 209 Å². The summed E-state index contributed by atoms with van der Waals surface area (Å²) >= 11 is 0. The van der Waals surface area contributed by atoms with Gasteiger partial charge in [0.25, 0.3) is 0 Å². The van der Waals surface area contributed by atoms with Crippen LogP contribution in [-0.2, 0) is 72.3 Å². The zero-order chi connectivity index (χ0) is 40.5. The molecule has 0 fully saturated rings. The molecule has 55 heavy (non-hydrogen) atoms. The van der Waals surface area contributed by atoms with E-state index in [0.29, 0.717) is 6.42 Å². The van der Waals surface area contributed by atoms with Crippen LogP contribution >= 0.6 is 0 Å². The molecular formula is C41H48O14. The van der Waals surface area contributed by atoms with Crippen LogP contribution in [0.4, 0.5) is 0 Å². The lowest BCUT2D eigenvalue weighted by atomic mass is 9.95. The molecule has 3 N–H and O–H groups in total. The van der Waals surface area contributed by atoms with Crippen molar-refractivity contribution in [2.24, 2.45) is 0 Å². The second-order valence-electron chi connectivity index (χ2n) is 12.3. The van der Waals surface area contributed by atoms with E-state index in [-0.39, 0.29) is 33.0 Å². The number of carbonyl (C=O) groups is 6. The first kappa shape index (κ1) is 45.3. The van der Waals surface area contributed by atoms with Crippen molar-refractivity contribution in [2.75, 3.05) is 13.2 Å². The molecule has 0 aliphatic rings. The first-order valence-electron chi connectivity index (χ1n) is 17.5. The van der Waals surface area contributed by atoms with Crippen LogP contribution in [0.2, 0.25) is 0 Å². The number of hydrogen-bond donors (Lipinski definition) is 3. The molecule has 0 unspecified atom stereocenters. The van der Waals surface area contributed by atoms with Crippen molar-refractivity contribution in [3.05, 3.63) is 120 Å². The van der Waals surface area contributed by atoms with Crippen molar-refractivity contribution >= 4 is 35.8 Å². The summed E-state index contributed by atoms with van der Waals surface area (Å²) in [6, 6.07) is 27.3. The first-order chi connectivity index (χ1) is 26.3. The van der Waals surface area contributed by atoms with Gasteiger partial charge in [-0.3, -0.25) is 19.2 Å². The minimum atomic E-state index is -2.19. The molecule has 0 saturated carbocycles. The highest BCUT2D eigenvalue weighted by Crippen LogP contribution is 2.27. The van der Waals surface area contributed by atoms with E-state index in [1.54, 1.807) is 12.1 Å². The normalized spacial score (nSPS) is 10.9. The molecule has 3 aromatic carbocycles. The lowest BCUT2D eigenvalue weighted by Gasteiger charge is -2.29. The summed E-state index contributed by atoms with van der Waals surface area (Å²) < 4.78 is 27.1. The van der Waals surface area contributed by atoms with Gasteiger partial charge in [-0.2, -0.15) is 0 Å². The Bertz CT molecular complexity index is 1580. The third kappa shape index (κ3) is 17.2. The van der Waals surface area contributed by atoms with E-state index >= 15 is 0 Å². The van der Waals surface area contributed by atoms with Crippen LogP contribution in [-0.4, -0.2) is 75.6 Å². The monoisotopic (exact) mass is 764 g/mol. The summed E-state index contributed by atoms with van der Waals surface area (Å²) in [5, 5.41) is 26.4. The molecule has 3 aromatic rings. The fourth-order valence-electron chi connectivity index (χ4n) is 4.97. The molecule has 0 bridgehead atoms. The molecule has 0 saturated heterocycles. The predicted molar refractivity (Wildman–Crippen MR) is 197 cm³/mol. The molecular weight excluding hydrogens is 716 g/mol. The van der Waals surface area contributed by atoms with Crippen molar-refractivity contribution in [1.29, 1.82) is 0 Å². The fraction of sp³-hybridized carbons (Fsp3) is 0.366. The molecule has 14 nitrogen and oxygen atoms in total. The Kier molecular flexibility index (Phi) is 20.1. The molecule has 0 atom stereocenters. The minimum absolute atomic E-state index is 0.00866. The molecule has 3 rings (SSSR count). The maximum Gasteiger partial charge on any atom is 0.339 e. The summed E-state index contributed by atoms with van der Waals surface area (Å²) in [7, 11) is 0. The zero-order valence-corrected chi connectivity index (χ0v) is 30.8. The number of aliphatic carboxylic acids is 3. The molecule has 0 spiro atoms. The van der Waals surface area contributed by atoms with Gasteiger partial charge in [0.15, 0.2) is 11.2 Å². The average molecular weight is 765 g/mol. The van der Waals surface area contributed by atoms with Crippen molar-refractivity contribution < 1.29 is 67.8 Å². The summed E-state index contributed by atoms with van der Waals surface area (Å²) in [6.07, 6.45) is 0.844. The third-order valence-corrected chi connectivity index (χ3v) is 7.80. The van der Waals surface area contributed by atoms with Crippen LogP contribution in [0.1, 0.15) is 68.6 Å². The van der Waals surface area contributed by atoms with E-state index < -0.39 is 72.7 Å². The summed E-state index contributed by atoms with van der Waals surface area (Å²) in [5.41, 5.74) is -1.84. The van der Waals surface area contributed by atoms with Crippen LogP contribution in [0.15, 0.2) is 104 Å². The van der Waals surface area contributed by atoms with E-state index in [2.05, 4.69) is 6.58 Å². The minimum Gasteiger partial charge on any atom is -0.481 e. The number of benzene rings is 3. The van der Waals surface area contributed by atoms with E-state index in [0.717, 1.165) is 29.5 Å². The van der Waals surface area contributed by atoms with Crippen LogP contribution in [0.3, 0.4) is 0 Å². The third-order valence-electron chi connectivity index (χ3n) is 7.80. The van der Waals surface area contributed by atoms with E-state index in [9.17, 15) is 28.8 Å². The highest BCUT2D eigenvalue weighted by molar-refractivity contribution is 5.90. The van der Waals surface area contributed by atoms with E-state index in [4.69, 9.17) is 39.0 Å². The Balaban J connectivity index is 0.000000490. The number of hydrogen-bond acceptors (Lipinski definition) is 11. The molecule has 0 amide bonds. The van der Waals surface area contributed by atoms with Crippen molar-refractivity contribution in [3.8, 4) is 0 Å². The number of carbonyl (C=O) groups excluding carboxylic acids is 3. The number of unbranched alkanes of at least 4 members (excludes halogenated alkanes) is 2. The Labute approximate surface area is 319 Å². The SMILES string of the molecule is C=CCOC(CC(=O)OCc1ccccc1)(CC(=O)OCc1ccccc1)C(=O)OCc1ccccc1.CCCCCOC(CC(=O)O)(CC(=O)O)C(=O)O. The van der Waals surface area contributed by atoms with Gasteiger partial charge >= 0.3 is 35.8 Å². The first-order valence-corrected chi connectivity index (χ1v) is 17.5. The van der Waals surface area contributed by atoms with Gasteiger partial charge in [-0.15, -0.1) is 6.58 Å². The van der Waals surface area contributed by atoms with Crippen molar-refractivity contribution in [2.45, 2.75) is 82.9 Å². The van der Waals surface area contributed by atoms with Gasteiger partial charge in [0, 0.05) is 6.61 Å². The van der Waals surface area contributed by atoms with Crippen LogP contribution < -0.4 is 0 Å². The number of carboxylic acid groups (broad SMARTS) is 3. The molecule has 0 aliphatic carbocycles. The molecule has 296 valence electrons. The van der Waals surface area contributed by atoms with Gasteiger partial charge in [-0.05, 0) is 23.1 Å². The maximum absolute atomic E-state index is 13.4. The smallest absolute Gasteiger partial charge is 0.339 e. The number of rotatable bonds is 24. The molecule has 0 heterocycles. The number of esters is 3. The summed E-state index contributed by atoms with van der Waals surface area (Å²) in [5.74, 6) is -6.69. The Morgan fingerprint density at radius 2 is 1.00 bits per heavy atom. The second-order valence-corrected chi connectivity index (χ2v) is 12.3. The Hall–Kier alpha value is -5.86. The van der Waals surface area contributed by atoms with Gasteiger partial charge in [0.1, 0.15) is 19.8 Å². The molecule has 0 aliphatic heterocycles. The van der Waals surface area contributed by atoms with Crippen LogP contribution in [0.5, 0.6) is 0 Å². The Morgan fingerprint density at radius 1 is 0.582 bits per heavy atom. The van der Waals surface area contributed by atoms with Gasteiger partial charge < -0.3 is 39.0 Å². The lowest BCUT2D eigenvalue weighted by Crippen LogP contribution is -2.47. The van der Waals surface area contributed by atoms with Gasteiger partial charge in [0.05, 0.1) is 32.3 Å². The van der Waals surface area contributed by atoms with Gasteiger partial charge in [-0.25, -0.2) is 9.59 Å². The van der Waals surface area contributed by atoms with Gasteiger partial charge in [-0.1, -0.05) is 117 Å². The fourth-order valence-corrected chi connectivity index (χ4v) is 4.97. The highest BCUT2D eigenvalue weighted by atomic mass is 16.6. The number of ether oxygens (including phenoxy) is 5. The van der Waals surface area contributed by atoms with Crippen molar-refractivity contribution in [1.82, 2.24) is 0 Å². The quantitative estimate of drug-likeness (QED) is 0.0420. The second kappa shape index (κ2) is 24.5. The van der Waals surface area contributed by atoms with Crippen molar-refractivity contribution in [3.63, 3.8) is 0 Å². The predicted octanol–water partition coefficient (Wildman–Crippen LogP) is 5.90. The molecule has 0 radical (unpaired) electrons. The molecule has 0 aromatic heterocycles. The highest BCUT2D eigenvalue weighted by Gasteiger charge is 2.47. The largest absolute Gasteiger partial charge is 0.481 e. The van der Waals surface area contributed by atoms with E-state index in [1.807, 2.05) is 85.8 Å². The summed E-state index contributed by atoms with van der Waals surface area (Å²) in [6.45, 7) is 5.45. The summed E-state index contributed by atoms with van der Waals surface area (Å²) in [4.78, 5) is 71.5. The number of carboxylic acids is 3. The zero-order valence-electron chi connectivity index (χ0n) is 30.8. The Morgan fingerprint density at radius 3 is 1.36 bits per heavy atom. The maximum atomic E-state index is 13.4. The standard InChI is InChI=1S/C30H30O7.C11H18O7/c1-2-18-37-30(29(33)36-23-26-16-10-5-11-17-26,19-27(31)34-21-24-12-6-3-7-13-24)20-28(32)35-22-25-14-8-4-9-15-25;1-2-3-4-5-18-11(10(16)17,6-8(12)13)7-9(14)15/h2-17H,1,18-23H2;2-7H2,1H3,(H,12,13)(H,14,15)(H,16,17). The average Bonchev–Trinajstić information content (AvgIpc) is 3.17. The lowest BCUT2D eigenvalue weighted by molar-refractivity contribution is -0.185. The van der Waals surface area contributed by atoms with Crippen LogP contribution in [0, 0.1) is 0 Å². The molecule has 14 heteroatoms. The van der Waals surface area contributed by atoms with Gasteiger partial charge in [0.2, 0.25) is 0 Å².